The second kappa shape index (κ2) is 7.46. The van der Waals surface area contributed by atoms with Crippen LogP contribution in [0.5, 0.6) is 5.75 Å². The van der Waals surface area contributed by atoms with E-state index in [1.54, 1.807) is 6.20 Å². The summed E-state index contributed by atoms with van der Waals surface area (Å²) in [7, 11) is 0. The van der Waals surface area contributed by atoms with Crippen LogP contribution in [0.3, 0.4) is 0 Å². The van der Waals surface area contributed by atoms with Gasteiger partial charge in [0.2, 0.25) is 0 Å². The molecule has 4 aliphatic rings. The fourth-order valence-corrected chi connectivity index (χ4v) is 5.53. The molecule has 1 N–H and O–H groups in total. The largest absolute Gasteiger partial charge is 0.487 e. The van der Waals surface area contributed by atoms with Crippen LogP contribution in [0.15, 0.2) is 48.7 Å². The number of fused-ring (bicyclic) bond motifs is 1. The monoisotopic (exact) mass is 377 g/mol. The Kier molecular flexibility index (Phi) is 4.67. The molecule has 2 unspecified atom stereocenters. The molecule has 0 spiro atoms. The van der Waals surface area contributed by atoms with E-state index >= 15 is 0 Å². The van der Waals surface area contributed by atoms with Gasteiger partial charge in [0.1, 0.15) is 12.4 Å². The number of carbonyl (C=O) groups is 1. The third-order valence-electron chi connectivity index (χ3n) is 6.57. The van der Waals surface area contributed by atoms with Crippen LogP contribution in [0.25, 0.3) is 0 Å². The number of urea groups is 1. The van der Waals surface area contributed by atoms with Gasteiger partial charge in [-0.2, -0.15) is 0 Å². The molecular weight excluding hydrogens is 350 g/mol. The Bertz CT molecular complexity index is 827. The molecule has 2 aliphatic heterocycles. The summed E-state index contributed by atoms with van der Waals surface area (Å²) >= 11 is 0. The molecule has 3 heterocycles. The minimum Gasteiger partial charge on any atom is -0.487 e. The quantitative estimate of drug-likeness (QED) is 0.840. The summed E-state index contributed by atoms with van der Waals surface area (Å²) in [5, 5.41) is 3.11. The first kappa shape index (κ1) is 17.5. The topological polar surface area (TPSA) is 54.5 Å². The highest BCUT2D eigenvalue weighted by molar-refractivity contribution is 5.89. The zero-order chi connectivity index (χ0) is 18.9. The number of nitrogens with one attached hydrogen (secondary N) is 1. The smallest absolute Gasteiger partial charge is 0.322 e. The molecule has 2 saturated heterocycles. The lowest BCUT2D eigenvalue weighted by Gasteiger charge is -2.38. The van der Waals surface area contributed by atoms with Gasteiger partial charge in [0.15, 0.2) is 0 Å². The molecule has 6 rings (SSSR count). The number of rotatable bonds is 4. The molecule has 4 fully saturated rings. The van der Waals surface area contributed by atoms with Gasteiger partial charge < -0.3 is 15.0 Å². The number of amides is 2. The van der Waals surface area contributed by atoms with Crippen LogP contribution in [0.1, 0.15) is 37.8 Å². The van der Waals surface area contributed by atoms with Gasteiger partial charge in [-0.3, -0.25) is 4.98 Å². The zero-order valence-corrected chi connectivity index (χ0v) is 16.1. The maximum absolute atomic E-state index is 13.0. The van der Waals surface area contributed by atoms with Gasteiger partial charge in [0, 0.05) is 30.5 Å². The van der Waals surface area contributed by atoms with Crippen molar-refractivity contribution in [1.29, 1.82) is 0 Å². The van der Waals surface area contributed by atoms with E-state index in [1.165, 1.54) is 32.1 Å². The van der Waals surface area contributed by atoms with E-state index in [1.807, 2.05) is 42.5 Å². The number of aromatic nitrogens is 1. The number of carbonyl (C=O) groups excluding carboxylic acids is 1. The average molecular weight is 377 g/mol. The Morgan fingerprint density at radius 1 is 1.04 bits per heavy atom. The second-order valence-corrected chi connectivity index (χ2v) is 8.65. The Morgan fingerprint density at radius 2 is 1.86 bits per heavy atom. The van der Waals surface area contributed by atoms with E-state index in [9.17, 15) is 4.79 Å². The lowest BCUT2D eigenvalue weighted by molar-refractivity contribution is 0.136. The summed E-state index contributed by atoms with van der Waals surface area (Å²) in [5.41, 5.74) is 1.67. The predicted molar refractivity (Wildman–Crippen MR) is 108 cm³/mol. The average Bonchev–Trinajstić information content (AvgIpc) is 2.91. The molecule has 5 heteroatoms. The fourth-order valence-electron chi connectivity index (χ4n) is 5.53. The number of benzene rings is 1. The van der Waals surface area contributed by atoms with Crippen LogP contribution < -0.4 is 10.1 Å². The molecule has 28 heavy (non-hydrogen) atoms. The van der Waals surface area contributed by atoms with Crippen molar-refractivity contribution in [3.8, 4) is 5.75 Å². The van der Waals surface area contributed by atoms with Gasteiger partial charge in [-0.05, 0) is 74.1 Å². The van der Waals surface area contributed by atoms with Crippen LogP contribution in [0.4, 0.5) is 10.5 Å². The van der Waals surface area contributed by atoms with Crippen LogP contribution in [-0.2, 0) is 6.61 Å². The third kappa shape index (κ3) is 3.71. The minimum atomic E-state index is 0.0417. The fraction of sp³-hybridized carbons (Fsp3) is 0.478. The molecule has 2 saturated carbocycles. The van der Waals surface area contributed by atoms with Gasteiger partial charge >= 0.3 is 6.03 Å². The van der Waals surface area contributed by atoms with Gasteiger partial charge in [0.25, 0.3) is 0 Å². The molecular formula is C23H27N3O2. The number of pyridine rings is 1. The summed E-state index contributed by atoms with van der Waals surface area (Å²) < 4.78 is 5.84. The van der Waals surface area contributed by atoms with Crippen molar-refractivity contribution in [1.82, 2.24) is 9.88 Å². The number of ether oxygens (including phenoxy) is 1. The Labute approximate surface area is 166 Å². The van der Waals surface area contributed by atoms with E-state index in [2.05, 4.69) is 15.2 Å². The first-order chi connectivity index (χ1) is 13.7. The number of hydrogen-bond acceptors (Lipinski definition) is 3. The highest BCUT2D eigenvalue weighted by Gasteiger charge is 2.44. The third-order valence-corrected chi connectivity index (χ3v) is 6.57. The molecule has 146 valence electrons. The maximum atomic E-state index is 13.0. The summed E-state index contributed by atoms with van der Waals surface area (Å²) in [6.45, 7) is 1.33. The SMILES string of the molecule is O=C(Nc1cccc(OCc2ccccn2)c1)N1CC2CC3CC(C2)CC1C3. The number of nitrogens with zero attached hydrogens (tertiary/aromatic N) is 2. The molecule has 4 bridgehead atoms. The van der Waals surface area contributed by atoms with Crippen molar-refractivity contribution in [3.63, 3.8) is 0 Å². The standard InChI is InChI=1S/C23H27N3O2/c27-23(26-14-18-9-16-8-17(10-18)12-21(26)11-16)25-19-5-3-6-22(13-19)28-15-20-4-1-2-7-24-20/h1-7,13,16-18,21H,8-12,14-15H2,(H,25,27). The summed E-state index contributed by atoms with van der Waals surface area (Å²) in [6, 6.07) is 13.9. The van der Waals surface area contributed by atoms with E-state index < -0.39 is 0 Å². The first-order valence-corrected chi connectivity index (χ1v) is 10.4. The van der Waals surface area contributed by atoms with Crippen molar-refractivity contribution >= 4 is 11.7 Å². The molecule has 1 aromatic carbocycles. The first-order valence-electron chi connectivity index (χ1n) is 10.4. The van der Waals surface area contributed by atoms with Crippen molar-refractivity contribution in [2.45, 2.75) is 44.8 Å². The van der Waals surface area contributed by atoms with Crippen LogP contribution in [-0.4, -0.2) is 28.5 Å². The molecule has 0 radical (unpaired) electrons. The Hall–Kier alpha value is -2.56. The number of anilines is 1. The summed E-state index contributed by atoms with van der Waals surface area (Å²) in [4.78, 5) is 19.4. The minimum absolute atomic E-state index is 0.0417. The van der Waals surface area contributed by atoms with Crippen molar-refractivity contribution in [3.05, 3.63) is 54.4 Å². The van der Waals surface area contributed by atoms with E-state index in [-0.39, 0.29) is 6.03 Å². The van der Waals surface area contributed by atoms with E-state index in [0.717, 1.165) is 35.5 Å². The van der Waals surface area contributed by atoms with E-state index in [4.69, 9.17) is 4.74 Å². The Morgan fingerprint density at radius 3 is 2.64 bits per heavy atom. The van der Waals surface area contributed by atoms with Crippen molar-refractivity contribution in [2.24, 2.45) is 17.8 Å². The number of hydrogen-bond donors (Lipinski definition) is 1. The molecule has 2 amide bonds. The van der Waals surface area contributed by atoms with Crippen LogP contribution in [0, 0.1) is 17.8 Å². The van der Waals surface area contributed by atoms with Gasteiger partial charge in [-0.25, -0.2) is 4.79 Å². The lowest BCUT2D eigenvalue weighted by atomic mass is 9.68. The van der Waals surface area contributed by atoms with Gasteiger partial charge in [0.05, 0.1) is 5.69 Å². The van der Waals surface area contributed by atoms with Crippen molar-refractivity contribution < 1.29 is 9.53 Å². The highest BCUT2D eigenvalue weighted by Crippen LogP contribution is 2.47. The Balaban J connectivity index is 1.24. The maximum Gasteiger partial charge on any atom is 0.322 e. The molecule has 1 aromatic heterocycles. The van der Waals surface area contributed by atoms with Crippen molar-refractivity contribution in [2.75, 3.05) is 11.9 Å². The van der Waals surface area contributed by atoms with Crippen LogP contribution >= 0.6 is 0 Å². The highest BCUT2D eigenvalue weighted by atomic mass is 16.5. The van der Waals surface area contributed by atoms with E-state index in [0.29, 0.717) is 18.6 Å². The molecule has 5 nitrogen and oxygen atoms in total. The van der Waals surface area contributed by atoms with Crippen LogP contribution in [0.2, 0.25) is 0 Å². The summed E-state index contributed by atoms with van der Waals surface area (Å²) in [6.07, 6.45) is 8.15. The lowest BCUT2D eigenvalue weighted by Crippen LogP contribution is -2.44. The normalized spacial score (nSPS) is 28.1. The molecule has 2 atom stereocenters. The van der Waals surface area contributed by atoms with Gasteiger partial charge in [-0.15, -0.1) is 0 Å². The molecule has 2 aromatic rings. The zero-order valence-electron chi connectivity index (χ0n) is 16.1. The molecule has 2 aliphatic carbocycles. The van der Waals surface area contributed by atoms with Gasteiger partial charge in [-0.1, -0.05) is 12.1 Å². The summed E-state index contributed by atoms with van der Waals surface area (Å²) in [5.74, 6) is 3.10. The predicted octanol–water partition coefficient (Wildman–Crippen LogP) is 4.70. The second-order valence-electron chi connectivity index (χ2n) is 8.65.